The van der Waals surface area contributed by atoms with E-state index in [-0.39, 0.29) is 17.3 Å². The Kier molecular flexibility index (Phi) is 9.69. The van der Waals surface area contributed by atoms with Crippen LogP contribution in [0.3, 0.4) is 0 Å². The van der Waals surface area contributed by atoms with E-state index in [1.807, 2.05) is 23.0 Å². The number of alkyl halides is 2. The molecule has 188 valence electrons. The van der Waals surface area contributed by atoms with E-state index < -0.39 is 12.6 Å². The Morgan fingerprint density at radius 1 is 1.11 bits per heavy atom. The number of carboxylic acid groups (broad SMARTS) is 1. The van der Waals surface area contributed by atoms with Gasteiger partial charge in [0.2, 0.25) is 5.89 Å². The van der Waals surface area contributed by atoms with Crippen molar-refractivity contribution in [1.29, 1.82) is 0 Å². The molecule has 4 rings (SSSR count). The number of rotatable bonds is 10. The minimum absolute atomic E-state index is 0.0569. The molecule has 11 heteroatoms. The zero-order valence-electron chi connectivity index (χ0n) is 19.2. The lowest BCUT2D eigenvalue weighted by Crippen LogP contribution is -2.01. The SMILES string of the molecule is Nc1ccc(CCCCn2ccnn2)cc1.O=C(O)c1coc(/C=C/c2ccc(OC(F)F)cc2)n1. The molecule has 0 aliphatic rings. The lowest BCUT2D eigenvalue weighted by Gasteiger charge is -2.03. The molecule has 0 fully saturated rings. The highest BCUT2D eigenvalue weighted by Crippen LogP contribution is 2.16. The van der Waals surface area contributed by atoms with Gasteiger partial charge in [-0.15, -0.1) is 5.10 Å². The number of ether oxygens (including phenoxy) is 1. The molecule has 0 atom stereocenters. The van der Waals surface area contributed by atoms with Crippen molar-refractivity contribution in [3.63, 3.8) is 0 Å². The summed E-state index contributed by atoms with van der Waals surface area (Å²) in [6.07, 6.45) is 11.1. The van der Waals surface area contributed by atoms with E-state index in [1.165, 1.54) is 23.8 Å². The number of benzene rings is 2. The molecular formula is C25H25F2N5O4. The van der Waals surface area contributed by atoms with Crippen LogP contribution >= 0.6 is 0 Å². The van der Waals surface area contributed by atoms with Gasteiger partial charge >= 0.3 is 12.6 Å². The van der Waals surface area contributed by atoms with Crippen LogP contribution in [0.1, 0.15) is 40.3 Å². The van der Waals surface area contributed by atoms with E-state index >= 15 is 0 Å². The smallest absolute Gasteiger partial charge is 0.387 e. The van der Waals surface area contributed by atoms with Crippen molar-refractivity contribution in [2.45, 2.75) is 32.4 Å². The second kappa shape index (κ2) is 13.4. The van der Waals surface area contributed by atoms with Gasteiger partial charge in [0.15, 0.2) is 5.69 Å². The monoisotopic (exact) mass is 497 g/mol. The lowest BCUT2D eigenvalue weighted by molar-refractivity contribution is -0.0498. The molecule has 0 bridgehead atoms. The second-order valence-electron chi connectivity index (χ2n) is 7.52. The second-order valence-corrected chi connectivity index (χ2v) is 7.52. The number of anilines is 1. The molecule has 36 heavy (non-hydrogen) atoms. The van der Waals surface area contributed by atoms with Gasteiger partial charge in [-0.05, 0) is 60.7 Å². The zero-order chi connectivity index (χ0) is 25.8. The molecule has 0 unspecified atom stereocenters. The zero-order valence-corrected chi connectivity index (χ0v) is 19.2. The number of aryl methyl sites for hydroxylation is 2. The maximum absolute atomic E-state index is 12.0. The molecule has 0 spiro atoms. The largest absolute Gasteiger partial charge is 0.476 e. The molecule has 0 radical (unpaired) electrons. The summed E-state index contributed by atoms with van der Waals surface area (Å²) in [7, 11) is 0. The molecule has 3 N–H and O–H groups in total. The van der Waals surface area contributed by atoms with Crippen molar-refractivity contribution in [3.05, 3.63) is 89.9 Å². The van der Waals surface area contributed by atoms with E-state index in [0.29, 0.717) is 5.56 Å². The van der Waals surface area contributed by atoms with Crippen LogP contribution in [-0.2, 0) is 13.0 Å². The van der Waals surface area contributed by atoms with Crippen LogP contribution in [0.25, 0.3) is 12.2 Å². The van der Waals surface area contributed by atoms with Gasteiger partial charge < -0.3 is 20.0 Å². The number of hydrogen-bond donors (Lipinski definition) is 2. The number of carboxylic acids is 1. The maximum atomic E-state index is 12.0. The van der Waals surface area contributed by atoms with E-state index in [0.717, 1.165) is 37.8 Å². The average Bonchev–Trinajstić information content (AvgIpc) is 3.55. The summed E-state index contributed by atoms with van der Waals surface area (Å²) in [5.41, 5.74) is 8.30. The third-order valence-electron chi connectivity index (χ3n) is 4.82. The molecule has 4 aromatic rings. The maximum Gasteiger partial charge on any atom is 0.387 e. The van der Waals surface area contributed by atoms with Crippen molar-refractivity contribution in [2.75, 3.05) is 5.73 Å². The van der Waals surface area contributed by atoms with Gasteiger partial charge in [0.1, 0.15) is 12.0 Å². The fourth-order valence-electron chi connectivity index (χ4n) is 3.03. The van der Waals surface area contributed by atoms with Crippen LogP contribution in [0.15, 0.2) is 71.6 Å². The Hall–Kier alpha value is -4.54. The number of oxazole rings is 1. The van der Waals surface area contributed by atoms with Crippen LogP contribution in [-0.4, -0.2) is 37.7 Å². The quantitative estimate of drug-likeness (QED) is 0.231. The van der Waals surface area contributed by atoms with Gasteiger partial charge in [0.05, 0.1) is 6.20 Å². The van der Waals surface area contributed by atoms with Crippen LogP contribution in [0.4, 0.5) is 14.5 Å². The van der Waals surface area contributed by atoms with Gasteiger partial charge in [-0.25, -0.2) is 9.78 Å². The van der Waals surface area contributed by atoms with Gasteiger partial charge in [-0.3, -0.25) is 4.68 Å². The highest BCUT2D eigenvalue weighted by atomic mass is 19.3. The average molecular weight is 498 g/mol. The van der Waals surface area contributed by atoms with Gasteiger partial charge in [-0.1, -0.05) is 29.5 Å². The van der Waals surface area contributed by atoms with Crippen LogP contribution in [0, 0.1) is 0 Å². The first-order valence-corrected chi connectivity index (χ1v) is 11.0. The van der Waals surface area contributed by atoms with E-state index in [4.69, 9.17) is 15.3 Å². The molecule has 0 aliphatic heterocycles. The summed E-state index contributed by atoms with van der Waals surface area (Å²) in [4.78, 5) is 14.3. The highest BCUT2D eigenvalue weighted by molar-refractivity contribution is 5.85. The molecule has 2 aromatic carbocycles. The number of nitrogens with two attached hydrogens (primary N) is 1. The first kappa shape index (κ1) is 26.1. The third-order valence-corrected chi connectivity index (χ3v) is 4.82. The van der Waals surface area contributed by atoms with Crippen molar-refractivity contribution in [2.24, 2.45) is 0 Å². The Balaban J connectivity index is 0.000000205. The number of carbonyl (C=O) groups is 1. The summed E-state index contributed by atoms with van der Waals surface area (Å²) in [6, 6.07) is 14.0. The van der Waals surface area contributed by atoms with Crippen LogP contribution in [0.5, 0.6) is 5.75 Å². The first-order chi connectivity index (χ1) is 17.4. The standard InChI is InChI=1S/C13H9F2NO4.C12H16N4/c14-13(15)20-9-4-1-8(2-5-9)3-6-11-16-10(7-19-11)12(17)18;13-12-6-4-11(5-7-12)3-1-2-9-16-10-8-14-15-16/h1-7,13H,(H,17,18);4-8,10H,1-3,9,13H2/b6-3+;. The lowest BCUT2D eigenvalue weighted by atomic mass is 10.1. The summed E-state index contributed by atoms with van der Waals surface area (Å²) in [5.74, 6) is -0.987. The number of nitrogens with zero attached hydrogens (tertiary/aromatic N) is 4. The minimum atomic E-state index is -2.86. The van der Waals surface area contributed by atoms with Crippen LogP contribution in [0.2, 0.25) is 0 Å². The van der Waals surface area contributed by atoms with Gasteiger partial charge in [0, 0.05) is 24.5 Å². The molecule has 0 saturated carbocycles. The topological polar surface area (TPSA) is 129 Å². The predicted octanol–water partition coefficient (Wildman–Crippen LogP) is 5.03. The number of nitrogen functional groups attached to an aromatic ring is 1. The Labute approximate surface area is 205 Å². The van der Waals surface area contributed by atoms with E-state index in [9.17, 15) is 13.6 Å². The summed E-state index contributed by atoms with van der Waals surface area (Å²) < 4.78 is 34.9. The normalized spacial score (nSPS) is 10.9. The highest BCUT2D eigenvalue weighted by Gasteiger charge is 2.08. The number of hydrogen-bond acceptors (Lipinski definition) is 7. The van der Waals surface area contributed by atoms with E-state index in [2.05, 4.69) is 32.2 Å². The van der Waals surface area contributed by atoms with Gasteiger partial charge in [0.25, 0.3) is 0 Å². The first-order valence-electron chi connectivity index (χ1n) is 11.0. The summed E-state index contributed by atoms with van der Waals surface area (Å²) >= 11 is 0. The van der Waals surface area contributed by atoms with Crippen molar-refractivity contribution in [1.82, 2.24) is 20.0 Å². The fraction of sp³-hybridized carbons (Fsp3) is 0.200. The molecule has 9 nitrogen and oxygen atoms in total. The molecule has 0 aliphatic carbocycles. The number of aromatic nitrogens is 4. The number of unbranched alkanes of at least 4 members (excludes halogenated alkanes) is 1. The molecule has 2 aromatic heterocycles. The van der Waals surface area contributed by atoms with Crippen molar-refractivity contribution >= 4 is 23.8 Å². The fourth-order valence-corrected chi connectivity index (χ4v) is 3.03. The van der Waals surface area contributed by atoms with E-state index in [1.54, 1.807) is 24.4 Å². The Morgan fingerprint density at radius 3 is 2.47 bits per heavy atom. The molecule has 0 amide bonds. The number of aromatic carboxylic acids is 1. The summed E-state index contributed by atoms with van der Waals surface area (Å²) in [5, 5.41) is 16.4. The summed E-state index contributed by atoms with van der Waals surface area (Å²) in [6.45, 7) is -1.92. The Bertz CT molecular complexity index is 1220. The van der Waals surface area contributed by atoms with Crippen molar-refractivity contribution in [3.8, 4) is 5.75 Å². The molecular weight excluding hydrogens is 472 g/mol. The van der Waals surface area contributed by atoms with Crippen LogP contribution < -0.4 is 10.5 Å². The molecule has 0 saturated heterocycles. The molecule has 2 heterocycles. The number of halogens is 2. The minimum Gasteiger partial charge on any atom is -0.476 e. The predicted molar refractivity (Wildman–Crippen MR) is 129 cm³/mol. The van der Waals surface area contributed by atoms with Gasteiger partial charge in [-0.2, -0.15) is 8.78 Å². The third kappa shape index (κ3) is 9.01. The van der Waals surface area contributed by atoms with Crippen molar-refractivity contribution < 1.29 is 27.8 Å². The Morgan fingerprint density at radius 2 is 1.86 bits per heavy atom.